The average molecular weight is 524 g/mol. The van der Waals surface area contributed by atoms with Crippen molar-refractivity contribution in [2.75, 3.05) is 40.6 Å². The Morgan fingerprint density at radius 1 is 0.943 bits per heavy atom. The molecule has 11 heteroatoms. The molecule has 0 radical (unpaired) electrons. The number of carbonyl (C=O) groups is 1. The Morgan fingerprint density at radius 2 is 1.57 bits per heavy atom. The number of methoxy groups -OCH3 is 2. The minimum absolute atomic E-state index is 0. The number of halogens is 2. The van der Waals surface area contributed by atoms with Crippen molar-refractivity contribution >= 4 is 41.4 Å². The zero-order valence-corrected chi connectivity index (χ0v) is 21.0. The molecule has 2 aromatic carbocycles. The lowest BCUT2D eigenvalue weighted by atomic mass is 10.0. The van der Waals surface area contributed by atoms with E-state index >= 15 is 0 Å². The number of nitrogens with two attached hydrogens (primary N) is 1. The van der Waals surface area contributed by atoms with E-state index < -0.39 is 0 Å². The maximum absolute atomic E-state index is 13.7. The molecule has 1 aliphatic carbocycles. The number of ether oxygens (including phenoxy) is 4. The molecule has 0 spiro atoms. The smallest absolute Gasteiger partial charge is 0.259 e. The molecule has 2 heterocycles. The lowest BCUT2D eigenvalue weighted by Gasteiger charge is -2.17. The van der Waals surface area contributed by atoms with Crippen LogP contribution < -0.4 is 35.6 Å². The van der Waals surface area contributed by atoms with E-state index in [9.17, 15) is 9.59 Å². The highest BCUT2D eigenvalue weighted by Crippen LogP contribution is 2.46. The molecule has 35 heavy (non-hydrogen) atoms. The van der Waals surface area contributed by atoms with Crippen LogP contribution in [0.4, 0.5) is 0 Å². The predicted molar refractivity (Wildman–Crippen MR) is 137 cm³/mol. The summed E-state index contributed by atoms with van der Waals surface area (Å²) in [6.07, 6.45) is 0.694. The highest BCUT2D eigenvalue weighted by Gasteiger charge is 2.35. The van der Waals surface area contributed by atoms with Crippen molar-refractivity contribution in [1.29, 1.82) is 0 Å². The molecule has 0 saturated carbocycles. The van der Waals surface area contributed by atoms with Gasteiger partial charge in [-0.05, 0) is 37.2 Å². The first kappa shape index (κ1) is 26.6. The number of fused-ring (bicyclic) bond motifs is 6. The standard InChI is InChI=1S/C24H25N3O6.2ClH/c1-30-17-8-13-16(11-18(17)31-2)24(29)27(7-3-5-26-6-4-25)22-14-9-19-20(33-12-32-19)10-15(14)23(28)21(13)22;;/h8-11,26H,3-7,12,25H2,1-2H3;2*1H. The minimum atomic E-state index is -0.193. The second-order valence-corrected chi connectivity index (χ2v) is 7.91. The third-order valence-corrected chi connectivity index (χ3v) is 6.07. The number of hydrogen-bond acceptors (Lipinski definition) is 8. The average Bonchev–Trinajstić information content (AvgIpc) is 3.40. The number of nitrogens with one attached hydrogen (secondary N) is 1. The second kappa shape index (κ2) is 10.7. The third-order valence-electron chi connectivity index (χ3n) is 6.07. The van der Waals surface area contributed by atoms with Gasteiger partial charge in [-0.25, -0.2) is 0 Å². The van der Waals surface area contributed by atoms with Gasteiger partial charge in [0, 0.05) is 36.1 Å². The summed E-state index contributed by atoms with van der Waals surface area (Å²) in [6, 6.07) is 6.83. The van der Waals surface area contributed by atoms with Gasteiger partial charge in [0.2, 0.25) is 6.79 Å². The van der Waals surface area contributed by atoms with Crippen molar-refractivity contribution in [3.8, 4) is 34.3 Å². The van der Waals surface area contributed by atoms with E-state index in [4.69, 9.17) is 24.7 Å². The molecule has 2 aliphatic rings. The van der Waals surface area contributed by atoms with Gasteiger partial charge in [-0.2, -0.15) is 0 Å². The zero-order valence-electron chi connectivity index (χ0n) is 19.3. The quantitative estimate of drug-likeness (QED) is 0.339. The molecule has 188 valence electrons. The number of pyridine rings is 1. The summed E-state index contributed by atoms with van der Waals surface area (Å²) >= 11 is 0. The summed E-state index contributed by atoms with van der Waals surface area (Å²) in [4.78, 5) is 27.3. The number of carbonyl (C=O) groups excluding carboxylic acids is 1. The van der Waals surface area contributed by atoms with Crippen molar-refractivity contribution in [2.45, 2.75) is 13.0 Å². The highest BCUT2D eigenvalue weighted by molar-refractivity contribution is 6.27. The fourth-order valence-electron chi connectivity index (χ4n) is 4.55. The molecular formula is C24H27Cl2N3O6. The molecule has 9 nitrogen and oxygen atoms in total. The van der Waals surface area contributed by atoms with Crippen molar-refractivity contribution < 1.29 is 23.7 Å². The number of rotatable bonds is 8. The molecule has 0 amide bonds. The Kier molecular flexibility index (Phi) is 8.17. The van der Waals surface area contributed by atoms with E-state index in [1.54, 1.807) is 28.8 Å². The number of nitrogens with zero attached hydrogens (tertiary/aromatic N) is 1. The van der Waals surface area contributed by atoms with E-state index in [2.05, 4.69) is 5.32 Å². The van der Waals surface area contributed by atoms with E-state index in [1.165, 1.54) is 14.2 Å². The van der Waals surface area contributed by atoms with E-state index in [1.807, 2.05) is 0 Å². The summed E-state index contributed by atoms with van der Waals surface area (Å²) in [5, 5.41) is 4.19. The van der Waals surface area contributed by atoms with Gasteiger partial charge in [0.1, 0.15) is 0 Å². The topological polar surface area (TPSA) is 114 Å². The van der Waals surface area contributed by atoms with Gasteiger partial charge in [-0.1, -0.05) is 0 Å². The summed E-state index contributed by atoms with van der Waals surface area (Å²) < 4.78 is 23.6. The van der Waals surface area contributed by atoms with E-state index in [0.717, 1.165) is 0 Å². The maximum atomic E-state index is 13.7. The summed E-state index contributed by atoms with van der Waals surface area (Å²) in [7, 11) is 3.04. The van der Waals surface area contributed by atoms with Crippen LogP contribution >= 0.6 is 24.8 Å². The molecule has 0 saturated heterocycles. The monoisotopic (exact) mass is 523 g/mol. The normalized spacial score (nSPS) is 12.6. The number of hydrogen-bond donors (Lipinski definition) is 2. The van der Waals surface area contributed by atoms with Gasteiger partial charge in [0.05, 0.1) is 30.9 Å². The zero-order chi connectivity index (χ0) is 23.1. The Hall–Kier alpha value is -2.98. The molecule has 5 rings (SSSR count). The van der Waals surface area contributed by atoms with Crippen molar-refractivity contribution in [3.05, 3.63) is 45.7 Å². The van der Waals surface area contributed by atoms with Gasteiger partial charge in [0.15, 0.2) is 28.8 Å². The van der Waals surface area contributed by atoms with Gasteiger partial charge < -0.3 is 34.6 Å². The SMILES string of the molecule is COc1cc2c3c(n(CCCNCCN)c(=O)c2cc1OC)-c1cc2c(cc1C3=O)OCO2.Cl.Cl. The van der Waals surface area contributed by atoms with Crippen molar-refractivity contribution in [2.24, 2.45) is 5.73 Å². The van der Waals surface area contributed by atoms with Crippen LogP contribution in [0.25, 0.3) is 22.0 Å². The molecule has 3 N–H and O–H groups in total. The van der Waals surface area contributed by atoms with Crippen LogP contribution in [0.1, 0.15) is 22.3 Å². The van der Waals surface area contributed by atoms with E-state index in [-0.39, 0.29) is 42.9 Å². The van der Waals surface area contributed by atoms with Gasteiger partial charge in [-0.3, -0.25) is 9.59 Å². The Labute approximate surface area is 214 Å². The number of benzene rings is 2. The van der Waals surface area contributed by atoms with E-state index in [0.29, 0.717) is 88.8 Å². The maximum Gasteiger partial charge on any atom is 0.259 e. The van der Waals surface area contributed by atoms with Crippen LogP contribution in [0.2, 0.25) is 0 Å². The lowest BCUT2D eigenvalue weighted by Crippen LogP contribution is -2.27. The van der Waals surface area contributed by atoms with Crippen molar-refractivity contribution in [1.82, 2.24) is 9.88 Å². The molecule has 1 aliphatic heterocycles. The largest absolute Gasteiger partial charge is 0.493 e. The number of aromatic nitrogens is 1. The van der Waals surface area contributed by atoms with Crippen molar-refractivity contribution in [3.63, 3.8) is 0 Å². The third kappa shape index (κ3) is 4.29. The Morgan fingerprint density at radius 3 is 2.20 bits per heavy atom. The molecule has 1 aromatic heterocycles. The molecule has 0 fully saturated rings. The Balaban J connectivity index is 0.00000171. The highest BCUT2D eigenvalue weighted by atomic mass is 35.5. The predicted octanol–water partition coefficient (Wildman–Crippen LogP) is 2.74. The van der Waals surface area contributed by atoms with Crippen LogP contribution in [0.15, 0.2) is 29.1 Å². The molecular weight excluding hydrogens is 497 g/mol. The minimum Gasteiger partial charge on any atom is -0.493 e. The lowest BCUT2D eigenvalue weighted by molar-refractivity contribution is 0.104. The summed E-state index contributed by atoms with van der Waals surface area (Å²) in [6.45, 7) is 2.48. The molecule has 0 atom stereocenters. The van der Waals surface area contributed by atoms with Crippen LogP contribution in [-0.2, 0) is 6.54 Å². The molecule has 0 unspecified atom stereocenters. The molecule has 3 aromatic rings. The second-order valence-electron chi connectivity index (χ2n) is 7.91. The first-order valence-electron chi connectivity index (χ1n) is 10.8. The summed E-state index contributed by atoms with van der Waals surface area (Å²) in [5.41, 5.74) is 7.58. The van der Waals surface area contributed by atoms with Crippen LogP contribution in [0.3, 0.4) is 0 Å². The van der Waals surface area contributed by atoms with Crippen LogP contribution in [0, 0.1) is 0 Å². The first-order valence-corrected chi connectivity index (χ1v) is 10.8. The van der Waals surface area contributed by atoms with Gasteiger partial charge in [0.25, 0.3) is 5.56 Å². The Bertz CT molecular complexity index is 1340. The van der Waals surface area contributed by atoms with Crippen LogP contribution in [-0.4, -0.2) is 51.0 Å². The number of ketones is 1. The van der Waals surface area contributed by atoms with Crippen LogP contribution in [0.5, 0.6) is 23.0 Å². The summed E-state index contributed by atoms with van der Waals surface area (Å²) in [5.74, 6) is 1.81. The first-order chi connectivity index (χ1) is 16.1. The van der Waals surface area contributed by atoms with Gasteiger partial charge >= 0.3 is 0 Å². The van der Waals surface area contributed by atoms with Gasteiger partial charge in [-0.15, -0.1) is 24.8 Å². The molecule has 0 bridgehead atoms. The fraction of sp³-hybridized carbons (Fsp3) is 0.333. The fourth-order valence-corrected chi connectivity index (χ4v) is 4.55.